The fourth-order valence-corrected chi connectivity index (χ4v) is 4.31. The molecule has 0 aromatic heterocycles. The van der Waals surface area contributed by atoms with Crippen LogP contribution in [0.4, 0.5) is 5.69 Å². The summed E-state index contributed by atoms with van der Waals surface area (Å²) >= 11 is 7.52. The van der Waals surface area contributed by atoms with Gasteiger partial charge in [0.25, 0.3) is 5.91 Å². The Kier molecular flexibility index (Phi) is 5.06. The van der Waals surface area contributed by atoms with Gasteiger partial charge in [-0.25, -0.2) is 9.89 Å². The molecule has 2 aliphatic heterocycles. The number of aliphatic imine (C=N–C) groups is 2. The lowest BCUT2D eigenvalue weighted by Crippen LogP contribution is -2.41. The second-order valence-electron chi connectivity index (χ2n) is 7.10. The molecule has 4 rings (SSSR count). The van der Waals surface area contributed by atoms with E-state index < -0.39 is 0 Å². The van der Waals surface area contributed by atoms with E-state index in [9.17, 15) is 4.79 Å². The van der Waals surface area contributed by atoms with Crippen molar-refractivity contribution in [2.75, 3.05) is 0 Å². The van der Waals surface area contributed by atoms with Crippen LogP contribution in [0.5, 0.6) is 0 Å². The van der Waals surface area contributed by atoms with Gasteiger partial charge in [-0.15, -0.1) is 0 Å². The van der Waals surface area contributed by atoms with Crippen LogP contribution in [0.1, 0.15) is 31.4 Å². The molecule has 0 saturated heterocycles. The third-order valence-corrected chi connectivity index (χ3v) is 5.79. The lowest BCUT2D eigenvalue weighted by molar-refractivity contribution is -0.124. The summed E-state index contributed by atoms with van der Waals surface area (Å²) < 4.78 is 0. The van der Waals surface area contributed by atoms with Gasteiger partial charge >= 0.3 is 0 Å². The van der Waals surface area contributed by atoms with Gasteiger partial charge in [0.1, 0.15) is 11.9 Å². The van der Waals surface area contributed by atoms with Crippen LogP contribution in [0.25, 0.3) is 0 Å². The Balaban J connectivity index is 1.65. The number of amides is 1. The average Bonchev–Trinajstić information content (AvgIpc) is 2.97. The minimum Gasteiger partial charge on any atom is -0.271 e. The Hall–Kier alpha value is -2.11. The molecule has 1 atom stereocenters. The molecular formula is C21H20ClN3OS. The number of nitrogens with zero attached hydrogens (tertiary/aromatic N) is 3. The highest BCUT2D eigenvalue weighted by Gasteiger charge is 2.41. The standard InChI is InChI=1S/C21H20ClN3OS/c1-13(2)11-18-20(26)25-19(23-18)16-5-3-4-6-17(16)24-21(25)27-12-14-7-9-15(22)10-8-14/h3-10,13,18H,11-12H2,1-2H3. The number of hydrogen-bond acceptors (Lipinski definition) is 4. The van der Waals surface area contributed by atoms with Crippen LogP contribution in [0, 0.1) is 5.92 Å². The number of fused-ring (bicyclic) bond motifs is 3. The molecule has 0 saturated carbocycles. The monoisotopic (exact) mass is 397 g/mol. The van der Waals surface area contributed by atoms with Crippen molar-refractivity contribution >= 4 is 46.0 Å². The lowest BCUT2D eigenvalue weighted by Gasteiger charge is -2.25. The van der Waals surface area contributed by atoms with E-state index in [4.69, 9.17) is 21.6 Å². The molecule has 0 fully saturated rings. The van der Waals surface area contributed by atoms with Crippen LogP contribution in [0.15, 0.2) is 58.5 Å². The van der Waals surface area contributed by atoms with E-state index in [1.807, 2.05) is 48.5 Å². The van der Waals surface area contributed by atoms with Crippen molar-refractivity contribution in [1.82, 2.24) is 4.90 Å². The minimum atomic E-state index is -0.326. The molecule has 2 aromatic rings. The maximum atomic E-state index is 13.1. The summed E-state index contributed by atoms with van der Waals surface area (Å²) in [7, 11) is 0. The van der Waals surface area contributed by atoms with Crippen LogP contribution in [-0.4, -0.2) is 27.9 Å². The summed E-state index contributed by atoms with van der Waals surface area (Å²) in [5.41, 5.74) is 2.92. The highest BCUT2D eigenvalue weighted by atomic mass is 35.5. The molecule has 0 bridgehead atoms. The van der Waals surface area contributed by atoms with Crippen molar-refractivity contribution in [3.05, 3.63) is 64.7 Å². The van der Waals surface area contributed by atoms with E-state index in [0.717, 1.165) is 29.1 Å². The lowest BCUT2D eigenvalue weighted by atomic mass is 10.0. The van der Waals surface area contributed by atoms with Crippen LogP contribution >= 0.6 is 23.4 Å². The first kappa shape index (κ1) is 18.3. The van der Waals surface area contributed by atoms with Crippen LogP contribution in [0.3, 0.4) is 0 Å². The van der Waals surface area contributed by atoms with Gasteiger partial charge in [0.05, 0.1) is 5.69 Å². The molecular weight excluding hydrogens is 378 g/mol. The fraction of sp³-hybridized carbons (Fsp3) is 0.286. The second-order valence-corrected chi connectivity index (χ2v) is 8.48. The third-order valence-electron chi connectivity index (χ3n) is 4.52. The Morgan fingerprint density at radius 1 is 1.15 bits per heavy atom. The molecule has 0 radical (unpaired) electrons. The number of amidine groups is 2. The van der Waals surface area contributed by atoms with Gasteiger partial charge < -0.3 is 0 Å². The predicted molar refractivity (Wildman–Crippen MR) is 113 cm³/mol. The zero-order valence-corrected chi connectivity index (χ0v) is 16.8. The van der Waals surface area contributed by atoms with Crippen molar-refractivity contribution in [3.63, 3.8) is 0 Å². The molecule has 1 amide bonds. The first-order valence-electron chi connectivity index (χ1n) is 9.00. The molecule has 27 heavy (non-hydrogen) atoms. The van der Waals surface area contributed by atoms with Crippen molar-refractivity contribution in [2.45, 2.75) is 32.1 Å². The van der Waals surface area contributed by atoms with Gasteiger partial charge in [0.2, 0.25) is 0 Å². The van der Waals surface area contributed by atoms with Crippen LogP contribution in [-0.2, 0) is 10.5 Å². The first-order valence-corrected chi connectivity index (χ1v) is 10.4. The summed E-state index contributed by atoms with van der Waals surface area (Å²) in [5, 5.41) is 1.41. The van der Waals surface area contributed by atoms with Crippen LogP contribution < -0.4 is 0 Å². The molecule has 0 spiro atoms. The Morgan fingerprint density at radius 2 is 1.89 bits per heavy atom. The van der Waals surface area contributed by atoms with E-state index in [1.54, 1.807) is 16.7 Å². The number of hydrogen-bond donors (Lipinski definition) is 0. The van der Waals surface area contributed by atoms with Gasteiger partial charge in [-0.05, 0) is 42.2 Å². The summed E-state index contributed by atoms with van der Waals surface area (Å²) in [6.07, 6.45) is 0.746. The first-order chi connectivity index (χ1) is 13.0. The van der Waals surface area contributed by atoms with Crippen molar-refractivity contribution in [3.8, 4) is 0 Å². The molecule has 138 valence electrons. The zero-order chi connectivity index (χ0) is 19.0. The van der Waals surface area contributed by atoms with Gasteiger partial charge in [-0.3, -0.25) is 9.79 Å². The SMILES string of the molecule is CC(C)CC1N=C2c3ccccc3N=C(SCc3ccc(Cl)cc3)N2C1=O. The number of para-hydroxylation sites is 1. The van der Waals surface area contributed by atoms with E-state index in [0.29, 0.717) is 21.9 Å². The van der Waals surface area contributed by atoms with Crippen molar-refractivity contribution in [2.24, 2.45) is 15.9 Å². The smallest absolute Gasteiger partial charge is 0.259 e. The highest BCUT2D eigenvalue weighted by molar-refractivity contribution is 8.13. The molecule has 0 N–H and O–H groups in total. The van der Waals surface area contributed by atoms with E-state index in [1.165, 1.54) is 0 Å². The highest BCUT2D eigenvalue weighted by Crippen LogP contribution is 2.35. The van der Waals surface area contributed by atoms with E-state index in [2.05, 4.69) is 13.8 Å². The van der Waals surface area contributed by atoms with E-state index >= 15 is 0 Å². The third kappa shape index (κ3) is 3.66. The molecule has 6 heteroatoms. The van der Waals surface area contributed by atoms with Gasteiger partial charge in [0.15, 0.2) is 5.17 Å². The molecule has 1 unspecified atom stereocenters. The topological polar surface area (TPSA) is 45.0 Å². The van der Waals surface area contributed by atoms with E-state index in [-0.39, 0.29) is 11.9 Å². The maximum absolute atomic E-state index is 13.1. The number of carbonyl (C=O) groups excluding carboxylic acids is 1. The average molecular weight is 398 g/mol. The molecule has 2 heterocycles. The summed E-state index contributed by atoms with van der Waals surface area (Å²) in [5.74, 6) is 1.87. The molecule has 2 aliphatic rings. The van der Waals surface area contributed by atoms with Crippen molar-refractivity contribution in [1.29, 1.82) is 0 Å². The largest absolute Gasteiger partial charge is 0.271 e. The number of carbonyl (C=O) groups is 1. The predicted octanol–water partition coefficient (Wildman–Crippen LogP) is 5.28. The minimum absolute atomic E-state index is 0.0237. The summed E-state index contributed by atoms with van der Waals surface area (Å²) in [6.45, 7) is 4.23. The number of halogens is 1. The Bertz CT molecular complexity index is 937. The summed E-state index contributed by atoms with van der Waals surface area (Å²) in [6, 6.07) is 15.3. The molecule has 4 nitrogen and oxygen atoms in total. The fourth-order valence-electron chi connectivity index (χ4n) is 3.23. The van der Waals surface area contributed by atoms with Gasteiger partial charge in [0, 0.05) is 16.3 Å². The van der Waals surface area contributed by atoms with Crippen molar-refractivity contribution < 1.29 is 4.79 Å². The second kappa shape index (κ2) is 7.49. The summed E-state index contributed by atoms with van der Waals surface area (Å²) in [4.78, 5) is 24.3. The quantitative estimate of drug-likeness (QED) is 0.704. The maximum Gasteiger partial charge on any atom is 0.259 e. The van der Waals surface area contributed by atoms with Crippen LogP contribution in [0.2, 0.25) is 5.02 Å². The normalized spacial score (nSPS) is 18.3. The van der Waals surface area contributed by atoms with Gasteiger partial charge in [-0.2, -0.15) is 0 Å². The Labute approximate surface area is 168 Å². The number of thioether (sulfide) groups is 1. The Morgan fingerprint density at radius 3 is 2.63 bits per heavy atom. The molecule has 0 aliphatic carbocycles. The molecule has 2 aromatic carbocycles. The van der Waals surface area contributed by atoms with Gasteiger partial charge in [-0.1, -0.05) is 61.5 Å². The number of rotatable bonds is 4. The zero-order valence-electron chi connectivity index (χ0n) is 15.2. The number of benzene rings is 2.